The van der Waals surface area contributed by atoms with Gasteiger partial charge in [-0.3, -0.25) is 19.2 Å². The molecular formula is C25H34O7. The molecule has 7 heteroatoms. The molecule has 0 spiro atoms. The Morgan fingerprint density at radius 2 is 1.91 bits per heavy atom. The molecule has 0 saturated heterocycles. The van der Waals surface area contributed by atoms with E-state index in [4.69, 9.17) is 9.84 Å². The Hall–Kier alpha value is -2.02. The average molecular weight is 447 g/mol. The van der Waals surface area contributed by atoms with E-state index in [-0.39, 0.29) is 53.7 Å². The van der Waals surface area contributed by atoms with Crippen molar-refractivity contribution in [3.8, 4) is 0 Å². The van der Waals surface area contributed by atoms with Crippen LogP contribution in [0.3, 0.4) is 0 Å². The smallest absolute Gasteiger partial charge is 0.313 e. The third-order valence-corrected chi connectivity index (χ3v) is 9.18. The highest BCUT2D eigenvalue weighted by molar-refractivity contribution is 5.97. The number of ether oxygens (including phenoxy) is 1. The molecule has 3 fully saturated rings. The Kier molecular flexibility index (Phi) is 6.07. The molecule has 7 nitrogen and oxygen atoms in total. The maximum absolute atomic E-state index is 13.1. The van der Waals surface area contributed by atoms with Crippen LogP contribution in [0.1, 0.15) is 71.6 Å². The summed E-state index contributed by atoms with van der Waals surface area (Å²) in [5.74, 6) is -1.29. The summed E-state index contributed by atoms with van der Waals surface area (Å²) in [7, 11) is 0. The van der Waals surface area contributed by atoms with Gasteiger partial charge in [-0.2, -0.15) is 0 Å². The SMILES string of the molecule is C[C@]12C[C@H](O)[C@H]3[C@@H](CCC4=CC(=O)CC[C@@]43C)[C@@H]1CC[C@@H]2C(=O)CC(=O)OCCC(=O)O. The van der Waals surface area contributed by atoms with Gasteiger partial charge in [-0.15, -0.1) is 0 Å². The highest BCUT2D eigenvalue weighted by atomic mass is 16.5. The van der Waals surface area contributed by atoms with Gasteiger partial charge in [-0.05, 0) is 73.2 Å². The first-order valence-corrected chi connectivity index (χ1v) is 11.9. The van der Waals surface area contributed by atoms with E-state index in [1.54, 1.807) is 0 Å². The first-order valence-electron chi connectivity index (χ1n) is 11.9. The predicted octanol–water partition coefficient (Wildman–Crippen LogP) is 3.08. The molecule has 4 rings (SSSR count). The maximum atomic E-state index is 13.1. The fourth-order valence-electron chi connectivity index (χ4n) is 7.78. The van der Waals surface area contributed by atoms with Crippen molar-refractivity contribution in [1.29, 1.82) is 0 Å². The fraction of sp³-hybridized carbons (Fsp3) is 0.760. The summed E-state index contributed by atoms with van der Waals surface area (Å²) in [6, 6.07) is 0. The fourth-order valence-corrected chi connectivity index (χ4v) is 7.78. The van der Waals surface area contributed by atoms with E-state index in [0.29, 0.717) is 31.1 Å². The molecule has 3 saturated carbocycles. The van der Waals surface area contributed by atoms with Crippen LogP contribution < -0.4 is 0 Å². The largest absolute Gasteiger partial charge is 0.481 e. The lowest BCUT2D eigenvalue weighted by Crippen LogP contribution is -2.57. The highest BCUT2D eigenvalue weighted by Gasteiger charge is 2.62. The van der Waals surface area contributed by atoms with Crippen LogP contribution in [-0.4, -0.2) is 46.4 Å². The van der Waals surface area contributed by atoms with E-state index in [0.717, 1.165) is 25.7 Å². The number of fused-ring (bicyclic) bond motifs is 5. The van der Waals surface area contributed by atoms with Gasteiger partial charge < -0.3 is 14.9 Å². The summed E-state index contributed by atoms with van der Waals surface area (Å²) >= 11 is 0. The van der Waals surface area contributed by atoms with Gasteiger partial charge in [-0.1, -0.05) is 19.4 Å². The number of carbonyl (C=O) groups excluding carboxylic acids is 3. The number of ketones is 2. The van der Waals surface area contributed by atoms with Crippen LogP contribution in [0.15, 0.2) is 11.6 Å². The summed E-state index contributed by atoms with van der Waals surface area (Å²) in [6.07, 6.45) is 5.90. The molecule has 32 heavy (non-hydrogen) atoms. The molecular weight excluding hydrogens is 412 g/mol. The molecule has 7 atom stereocenters. The minimum Gasteiger partial charge on any atom is -0.481 e. The highest BCUT2D eigenvalue weighted by Crippen LogP contribution is 2.66. The number of aliphatic hydroxyl groups excluding tert-OH is 1. The molecule has 0 aromatic heterocycles. The summed E-state index contributed by atoms with van der Waals surface area (Å²) in [6.45, 7) is 4.07. The lowest BCUT2D eigenvalue weighted by atomic mass is 9.46. The molecule has 0 unspecified atom stereocenters. The molecule has 0 aromatic rings. The van der Waals surface area contributed by atoms with Crippen molar-refractivity contribution in [3.63, 3.8) is 0 Å². The van der Waals surface area contributed by atoms with Crippen molar-refractivity contribution in [2.75, 3.05) is 6.61 Å². The van der Waals surface area contributed by atoms with E-state index in [2.05, 4.69) is 13.8 Å². The zero-order valence-corrected chi connectivity index (χ0v) is 19.0. The zero-order valence-electron chi connectivity index (χ0n) is 19.0. The maximum Gasteiger partial charge on any atom is 0.313 e. The standard InChI is InChI=1S/C25H34O7/c1-24-9-7-15(26)11-14(24)3-4-16-17-5-6-18(25(17,2)13-20(28)23(16)24)19(27)12-22(31)32-10-8-21(29)30/h11,16-18,20,23,28H,3-10,12-13H2,1-2H3,(H,29,30)/t16-,17-,18+,20-,23+,24-,25-/m0/s1. The van der Waals surface area contributed by atoms with Crippen LogP contribution in [0, 0.1) is 34.5 Å². The van der Waals surface area contributed by atoms with Crippen molar-refractivity contribution >= 4 is 23.5 Å². The molecule has 0 amide bonds. The van der Waals surface area contributed by atoms with E-state index < -0.39 is 18.0 Å². The number of esters is 1. The number of carboxylic acid groups (broad SMARTS) is 1. The quantitative estimate of drug-likeness (QED) is 0.475. The third kappa shape index (κ3) is 3.82. The first kappa shape index (κ1) is 23.1. The average Bonchev–Trinajstić information content (AvgIpc) is 3.04. The minimum atomic E-state index is -1.05. The number of carbonyl (C=O) groups is 4. The van der Waals surface area contributed by atoms with Crippen molar-refractivity contribution < 1.29 is 34.1 Å². The van der Waals surface area contributed by atoms with Crippen molar-refractivity contribution in [3.05, 3.63) is 11.6 Å². The minimum absolute atomic E-state index is 0.100. The van der Waals surface area contributed by atoms with E-state index in [1.165, 1.54) is 5.57 Å². The summed E-state index contributed by atoms with van der Waals surface area (Å²) in [5.41, 5.74) is 0.668. The predicted molar refractivity (Wildman–Crippen MR) is 114 cm³/mol. The van der Waals surface area contributed by atoms with Gasteiger partial charge in [0.25, 0.3) is 0 Å². The van der Waals surface area contributed by atoms with Crippen molar-refractivity contribution in [2.24, 2.45) is 34.5 Å². The van der Waals surface area contributed by atoms with Crippen LogP contribution >= 0.6 is 0 Å². The van der Waals surface area contributed by atoms with Crippen LogP contribution in [-0.2, 0) is 23.9 Å². The van der Waals surface area contributed by atoms with Gasteiger partial charge in [0.05, 0.1) is 12.5 Å². The number of hydrogen-bond donors (Lipinski definition) is 2. The molecule has 0 bridgehead atoms. The molecule has 176 valence electrons. The van der Waals surface area contributed by atoms with Crippen LogP contribution in [0.5, 0.6) is 0 Å². The van der Waals surface area contributed by atoms with Gasteiger partial charge in [0.15, 0.2) is 5.78 Å². The van der Waals surface area contributed by atoms with Gasteiger partial charge in [0.2, 0.25) is 0 Å². The number of Topliss-reactive ketones (excluding diaryl/α,β-unsaturated/α-hetero) is 1. The second-order valence-corrected chi connectivity index (χ2v) is 10.8. The Labute approximate surface area is 188 Å². The van der Waals surface area contributed by atoms with Gasteiger partial charge >= 0.3 is 11.9 Å². The van der Waals surface area contributed by atoms with Crippen LogP contribution in [0.25, 0.3) is 0 Å². The third-order valence-electron chi connectivity index (χ3n) is 9.18. The number of aliphatic carboxylic acids is 1. The molecule has 0 aromatic carbocycles. The molecule has 2 N–H and O–H groups in total. The Balaban J connectivity index is 1.49. The van der Waals surface area contributed by atoms with E-state index in [9.17, 15) is 24.3 Å². The van der Waals surface area contributed by atoms with Gasteiger partial charge in [0.1, 0.15) is 18.8 Å². The van der Waals surface area contributed by atoms with E-state index >= 15 is 0 Å². The topological polar surface area (TPSA) is 118 Å². The van der Waals surface area contributed by atoms with Gasteiger partial charge in [0, 0.05) is 12.3 Å². The number of hydrogen-bond acceptors (Lipinski definition) is 6. The van der Waals surface area contributed by atoms with E-state index in [1.807, 2.05) is 6.08 Å². The lowest BCUT2D eigenvalue weighted by molar-refractivity contribution is -0.152. The number of aliphatic hydroxyl groups is 1. The Bertz CT molecular complexity index is 860. The number of allylic oxidation sites excluding steroid dienone is 1. The molecule has 0 radical (unpaired) electrons. The van der Waals surface area contributed by atoms with Gasteiger partial charge in [-0.25, -0.2) is 0 Å². The van der Waals surface area contributed by atoms with Crippen molar-refractivity contribution in [2.45, 2.75) is 77.7 Å². The Morgan fingerprint density at radius 3 is 2.62 bits per heavy atom. The second-order valence-electron chi connectivity index (χ2n) is 10.8. The number of rotatable bonds is 6. The molecule has 4 aliphatic rings. The summed E-state index contributed by atoms with van der Waals surface area (Å²) in [5, 5.41) is 20.0. The number of carboxylic acids is 1. The first-order chi connectivity index (χ1) is 15.1. The zero-order chi connectivity index (χ0) is 23.3. The molecule has 4 aliphatic carbocycles. The second kappa shape index (κ2) is 8.40. The van der Waals surface area contributed by atoms with Crippen LogP contribution in [0.2, 0.25) is 0 Å². The molecule has 0 heterocycles. The van der Waals surface area contributed by atoms with Crippen LogP contribution in [0.4, 0.5) is 0 Å². The lowest BCUT2D eigenvalue weighted by Gasteiger charge is -2.59. The molecule has 0 aliphatic heterocycles. The normalized spacial score (nSPS) is 40.5. The van der Waals surface area contributed by atoms with Crippen molar-refractivity contribution in [1.82, 2.24) is 0 Å². The summed E-state index contributed by atoms with van der Waals surface area (Å²) < 4.78 is 4.92. The Morgan fingerprint density at radius 1 is 1.16 bits per heavy atom. The monoisotopic (exact) mass is 446 g/mol. The summed E-state index contributed by atoms with van der Waals surface area (Å²) in [4.78, 5) is 47.7.